The highest BCUT2D eigenvalue weighted by Crippen LogP contribution is 2.38. The zero-order chi connectivity index (χ0) is 19.2. The lowest BCUT2D eigenvalue weighted by molar-refractivity contribution is -0.136. The van der Waals surface area contributed by atoms with Crippen molar-refractivity contribution in [1.82, 2.24) is 25.4 Å². The number of nitrogens with two attached hydrogens (primary N) is 1. The molecule has 0 bridgehead atoms. The predicted molar refractivity (Wildman–Crippen MR) is 94.8 cm³/mol. The van der Waals surface area contributed by atoms with Gasteiger partial charge in [-0.15, -0.1) is 10.2 Å². The van der Waals surface area contributed by atoms with Crippen LogP contribution in [0.5, 0.6) is 0 Å². The van der Waals surface area contributed by atoms with Crippen molar-refractivity contribution in [2.45, 2.75) is 6.18 Å². The molecule has 136 valence electrons. The van der Waals surface area contributed by atoms with Crippen LogP contribution in [0.1, 0.15) is 5.56 Å². The summed E-state index contributed by atoms with van der Waals surface area (Å²) >= 11 is 5.90. The summed E-state index contributed by atoms with van der Waals surface area (Å²) in [6.45, 7) is 0. The number of halogens is 4. The number of nitrogen functional groups attached to an aromatic ring is 1. The number of anilines is 1. The van der Waals surface area contributed by atoms with Crippen molar-refractivity contribution in [2.24, 2.45) is 0 Å². The Morgan fingerprint density at radius 2 is 1.70 bits per heavy atom. The highest BCUT2D eigenvalue weighted by Gasteiger charge is 2.34. The molecule has 4 aromatic rings. The van der Waals surface area contributed by atoms with Gasteiger partial charge in [0.05, 0.1) is 17.3 Å². The number of hydrogen-bond donors (Lipinski definition) is 2. The van der Waals surface area contributed by atoms with Gasteiger partial charge in [-0.3, -0.25) is 5.10 Å². The van der Waals surface area contributed by atoms with E-state index in [1.165, 1.54) is 12.3 Å². The maximum Gasteiger partial charge on any atom is 0.418 e. The number of alkyl halides is 3. The molecule has 2 heterocycles. The molecule has 10 heteroatoms. The molecule has 6 nitrogen and oxygen atoms in total. The molecule has 0 atom stereocenters. The van der Waals surface area contributed by atoms with Gasteiger partial charge in [0.15, 0.2) is 0 Å². The summed E-state index contributed by atoms with van der Waals surface area (Å²) in [4.78, 5) is 4.17. The minimum atomic E-state index is -4.57. The smallest absolute Gasteiger partial charge is 0.366 e. The Labute approximate surface area is 155 Å². The van der Waals surface area contributed by atoms with Crippen LogP contribution >= 0.6 is 11.6 Å². The topological polar surface area (TPSA) is 93.4 Å². The molecule has 0 fully saturated rings. The van der Waals surface area contributed by atoms with Gasteiger partial charge in [0.25, 0.3) is 0 Å². The van der Waals surface area contributed by atoms with Gasteiger partial charge in [0, 0.05) is 21.5 Å². The van der Waals surface area contributed by atoms with Crippen molar-refractivity contribution >= 4 is 28.5 Å². The third-order valence-corrected chi connectivity index (χ3v) is 4.20. The molecule has 0 saturated carbocycles. The number of benzene rings is 2. The summed E-state index contributed by atoms with van der Waals surface area (Å²) < 4.78 is 40.5. The summed E-state index contributed by atoms with van der Waals surface area (Å²) in [5, 5.41) is 14.6. The molecule has 0 aliphatic carbocycles. The second-order valence-electron chi connectivity index (χ2n) is 5.73. The first-order valence-electron chi connectivity index (χ1n) is 7.64. The molecular weight excluding hydrogens is 381 g/mol. The quantitative estimate of drug-likeness (QED) is 0.531. The van der Waals surface area contributed by atoms with E-state index >= 15 is 0 Å². The summed E-state index contributed by atoms with van der Waals surface area (Å²) in [5.74, 6) is -0.0934. The lowest BCUT2D eigenvalue weighted by Gasteiger charge is -2.12. The lowest BCUT2D eigenvalue weighted by atomic mass is 10.0. The molecule has 4 rings (SSSR count). The van der Waals surface area contributed by atoms with Crippen molar-refractivity contribution in [3.05, 3.63) is 53.2 Å². The van der Waals surface area contributed by atoms with E-state index in [0.29, 0.717) is 21.7 Å². The number of aromatic amines is 1. The number of rotatable bonds is 2. The van der Waals surface area contributed by atoms with Crippen LogP contribution in [0.3, 0.4) is 0 Å². The summed E-state index contributed by atoms with van der Waals surface area (Å²) in [6.07, 6.45) is -3.26. The van der Waals surface area contributed by atoms with Crippen molar-refractivity contribution < 1.29 is 13.2 Å². The Hall–Kier alpha value is -3.20. The molecular formula is C17H10ClF3N6. The van der Waals surface area contributed by atoms with Gasteiger partial charge in [-0.25, -0.2) is 4.98 Å². The molecule has 0 amide bonds. The third kappa shape index (κ3) is 3.17. The first-order chi connectivity index (χ1) is 12.8. The Bertz CT molecular complexity index is 1140. The molecule has 0 radical (unpaired) electrons. The van der Waals surface area contributed by atoms with E-state index in [0.717, 1.165) is 6.07 Å². The number of aromatic nitrogens is 5. The molecule has 2 aromatic heterocycles. The first kappa shape index (κ1) is 17.2. The maximum atomic E-state index is 13.5. The average Bonchev–Trinajstić information content (AvgIpc) is 3.09. The summed E-state index contributed by atoms with van der Waals surface area (Å²) in [5.41, 5.74) is 5.94. The zero-order valence-corrected chi connectivity index (χ0v) is 14.2. The maximum absolute atomic E-state index is 13.5. The van der Waals surface area contributed by atoms with Crippen LogP contribution in [-0.2, 0) is 6.18 Å². The second kappa shape index (κ2) is 6.20. The van der Waals surface area contributed by atoms with Gasteiger partial charge in [0.2, 0.25) is 5.95 Å². The summed E-state index contributed by atoms with van der Waals surface area (Å²) in [7, 11) is 0. The average molecular weight is 391 g/mol. The molecule has 0 aliphatic heterocycles. The molecule has 0 unspecified atom stereocenters. The molecule has 3 N–H and O–H groups in total. The molecule has 0 saturated heterocycles. The van der Waals surface area contributed by atoms with Crippen molar-refractivity contribution in [1.29, 1.82) is 0 Å². The zero-order valence-electron chi connectivity index (χ0n) is 13.4. The normalized spacial score (nSPS) is 11.9. The fourth-order valence-electron chi connectivity index (χ4n) is 2.76. The first-order valence-corrected chi connectivity index (χ1v) is 8.01. The predicted octanol–water partition coefficient (Wildman–Crippen LogP) is 4.34. The highest BCUT2D eigenvalue weighted by atomic mass is 35.5. The third-order valence-electron chi connectivity index (χ3n) is 3.95. The lowest BCUT2D eigenvalue weighted by Crippen LogP contribution is -2.07. The van der Waals surface area contributed by atoms with E-state index in [1.54, 1.807) is 24.3 Å². The minimum absolute atomic E-state index is 0.0934. The fourth-order valence-corrected chi connectivity index (χ4v) is 2.89. The largest absolute Gasteiger partial charge is 0.418 e. The van der Waals surface area contributed by atoms with Crippen molar-refractivity contribution in [3.8, 4) is 22.5 Å². The van der Waals surface area contributed by atoms with Crippen LogP contribution in [0.25, 0.3) is 33.4 Å². The molecule has 27 heavy (non-hydrogen) atoms. The second-order valence-corrected chi connectivity index (χ2v) is 6.17. The SMILES string of the molecule is Nc1nnc(-c2cc(C(F)(F)F)c3[nH]ncc3c2)c(-c2ccc(Cl)cc2)n1. The highest BCUT2D eigenvalue weighted by molar-refractivity contribution is 6.30. The Kier molecular flexibility index (Phi) is 3.96. The van der Waals surface area contributed by atoms with E-state index in [4.69, 9.17) is 17.3 Å². The number of hydrogen-bond acceptors (Lipinski definition) is 5. The van der Waals surface area contributed by atoms with Crippen LogP contribution in [-0.4, -0.2) is 25.4 Å². The Morgan fingerprint density at radius 1 is 0.963 bits per heavy atom. The monoisotopic (exact) mass is 390 g/mol. The van der Waals surface area contributed by atoms with Gasteiger partial charge in [-0.05, 0) is 24.3 Å². The summed E-state index contributed by atoms with van der Waals surface area (Å²) in [6, 6.07) is 9.16. The number of nitrogens with one attached hydrogen (secondary N) is 1. The van der Waals surface area contributed by atoms with Gasteiger partial charge < -0.3 is 5.73 Å². The number of H-pyrrole nitrogens is 1. The number of fused-ring (bicyclic) bond motifs is 1. The number of nitrogens with zero attached hydrogens (tertiary/aromatic N) is 4. The van der Waals surface area contributed by atoms with E-state index in [2.05, 4.69) is 25.4 Å². The Morgan fingerprint density at radius 3 is 2.41 bits per heavy atom. The van der Waals surface area contributed by atoms with Gasteiger partial charge >= 0.3 is 6.18 Å². The van der Waals surface area contributed by atoms with Gasteiger partial charge in [-0.1, -0.05) is 23.7 Å². The minimum Gasteiger partial charge on any atom is -0.366 e. The van der Waals surface area contributed by atoms with Gasteiger partial charge in [-0.2, -0.15) is 18.3 Å². The molecule has 0 spiro atoms. The van der Waals surface area contributed by atoms with Crippen molar-refractivity contribution in [3.63, 3.8) is 0 Å². The molecule has 0 aliphatic rings. The molecule has 2 aromatic carbocycles. The Balaban J connectivity index is 1.98. The van der Waals surface area contributed by atoms with Gasteiger partial charge in [0.1, 0.15) is 11.4 Å². The van der Waals surface area contributed by atoms with Crippen LogP contribution < -0.4 is 5.73 Å². The van der Waals surface area contributed by atoms with Crippen molar-refractivity contribution in [2.75, 3.05) is 5.73 Å². The van der Waals surface area contributed by atoms with E-state index in [9.17, 15) is 13.2 Å². The van der Waals surface area contributed by atoms with E-state index in [1.807, 2.05) is 0 Å². The van der Waals surface area contributed by atoms with Crippen LogP contribution in [0.4, 0.5) is 19.1 Å². The standard InChI is InChI=1S/C17H10ClF3N6/c18-11-3-1-8(2-4-11)14-15(26-27-16(22)24-14)9-5-10-7-23-25-13(10)12(6-9)17(19,20)21/h1-7H,(H,23,25)(H2,22,24,27). The van der Waals surface area contributed by atoms with E-state index in [-0.39, 0.29) is 22.7 Å². The van der Waals surface area contributed by atoms with Crippen LogP contribution in [0.15, 0.2) is 42.6 Å². The van der Waals surface area contributed by atoms with Crippen LogP contribution in [0, 0.1) is 0 Å². The van der Waals surface area contributed by atoms with E-state index < -0.39 is 11.7 Å². The van der Waals surface area contributed by atoms with Crippen LogP contribution in [0.2, 0.25) is 5.02 Å². The fraction of sp³-hybridized carbons (Fsp3) is 0.0588.